The minimum atomic E-state index is -0.839. The van der Waals surface area contributed by atoms with E-state index in [0.29, 0.717) is 19.4 Å². The van der Waals surface area contributed by atoms with Crippen molar-refractivity contribution >= 4 is 11.9 Å². The van der Waals surface area contributed by atoms with Crippen molar-refractivity contribution in [2.75, 3.05) is 13.2 Å². The summed E-state index contributed by atoms with van der Waals surface area (Å²) < 4.78 is 5.50. The summed E-state index contributed by atoms with van der Waals surface area (Å²) in [6.45, 7) is 4.94. The van der Waals surface area contributed by atoms with Gasteiger partial charge in [-0.2, -0.15) is 0 Å². The minimum absolute atomic E-state index is 0.0165. The zero-order valence-corrected chi connectivity index (χ0v) is 57.2. The maximum Gasteiger partial charge on any atom is 0.305 e. The lowest BCUT2D eigenvalue weighted by Crippen LogP contribution is -2.45. The average molecular weight is 1180 g/mol. The first-order valence-electron chi connectivity index (χ1n) is 38.6. The van der Waals surface area contributed by atoms with Crippen LogP contribution in [0.5, 0.6) is 0 Å². The van der Waals surface area contributed by atoms with E-state index in [4.69, 9.17) is 4.74 Å². The van der Waals surface area contributed by atoms with E-state index >= 15 is 0 Å². The summed E-state index contributed by atoms with van der Waals surface area (Å²) in [6, 6.07) is -0.623. The van der Waals surface area contributed by atoms with E-state index in [-0.39, 0.29) is 18.5 Å². The van der Waals surface area contributed by atoms with E-state index in [1.807, 2.05) is 6.08 Å². The van der Waals surface area contributed by atoms with Crippen LogP contribution in [-0.4, -0.2) is 47.4 Å². The number of hydrogen-bond acceptors (Lipinski definition) is 5. The fourth-order valence-corrected chi connectivity index (χ4v) is 12.3. The van der Waals surface area contributed by atoms with Gasteiger partial charge in [0.1, 0.15) is 0 Å². The Balaban J connectivity index is 3.30. The molecule has 0 bridgehead atoms. The van der Waals surface area contributed by atoms with E-state index < -0.39 is 12.1 Å². The van der Waals surface area contributed by atoms with Gasteiger partial charge in [-0.3, -0.25) is 9.59 Å². The molecular weight excluding hydrogens is 1030 g/mol. The van der Waals surface area contributed by atoms with Crippen LogP contribution in [0.3, 0.4) is 0 Å². The van der Waals surface area contributed by atoms with Crippen LogP contribution in [-0.2, 0) is 14.3 Å². The minimum Gasteiger partial charge on any atom is -0.466 e. The van der Waals surface area contributed by atoms with Gasteiger partial charge >= 0.3 is 5.97 Å². The molecule has 6 nitrogen and oxygen atoms in total. The number of esters is 1. The predicted octanol–water partition coefficient (Wildman–Crippen LogP) is 25.3. The second-order valence-electron chi connectivity index (χ2n) is 26.7. The summed E-state index contributed by atoms with van der Waals surface area (Å²) in [4.78, 5) is 24.6. The van der Waals surface area contributed by atoms with Gasteiger partial charge in [-0.05, 0) is 57.8 Å². The van der Waals surface area contributed by atoms with Crippen molar-refractivity contribution < 1.29 is 24.5 Å². The average Bonchev–Trinajstić information content (AvgIpc) is 3.51. The third kappa shape index (κ3) is 69.4. The Labute approximate surface area is 526 Å². The summed E-state index contributed by atoms with van der Waals surface area (Å²) in [6.07, 6.45) is 94.5. The number of hydrogen-bond donors (Lipinski definition) is 3. The molecule has 0 rings (SSSR count). The van der Waals surface area contributed by atoms with Gasteiger partial charge in [0.2, 0.25) is 5.91 Å². The molecule has 0 aliphatic carbocycles. The highest BCUT2D eigenvalue weighted by Crippen LogP contribution is 2.20. The molecule has 0 radical (unpaired) electrons. The molecule has 3 N–H and O–H groups in total. The maximum atomic E-state index is 12.5. The van der Waals surface area contributed by atoms with Gasteiger partial charge in [-0.25, -0.2) is 0 Å². The molecule has 6 heteroatoms. The monoisotopic (exact) mass is 1180 g/mol. The Bertz CT molecular complexity index is 1320. The Morgan fingerprint density at radius 3 is 0.845 bits per heavy atom. The maximum absolute atomic E-state index is 12.5. The number of rotatable bonds is 73. The molecular formula is C78H151NO5. The Morgan fingerprint density at radius 2 is 0.560 bits per heavy atom. The topological polar surface area (TPSA) is 95.9 Å². The molecule has 0 heterocycles. The lowest BCUT2D eigenvalue weighted by molar-refractivity contribution is -0.143. The van der Waals surface area contributed by atoms with Crippen molar-refractivity contribution in [3.63, 3.8) is 0 Å². The highest BCUT2D eigenvalue weighted by Gasteiger charge is 2.18. The zero-order valence-electron chi connectivity index (χ0n) is 57.2. The largest absolute Gasteiger partial charge is 0.466 e. The third-order valence-electron chi connectivity index (χ3n) is 18.2. The SMILES string of the molecule is CCCCCCCCC/C=C\CCCCCCCC(=O)OCCCCCCCCCCCCCCCCCCCCCCCCCCCCCCCCCCCCCCCC(=O)NC(CO)C(O)/C=C/CCCCCCCCCCCCCC. The molecule has 0 spiro atoms. The van der Waals surface area contributed by atoms with E-state index in [0.717, 1.165) is 44.9 Å². The summed E-state index contributed by atoms with van der Waals surface area (Å²) in [5, 5.41) is 23.2. The Hall–Kier alpha value is -1.66. The lowest BCUT2D eigenvalue weighted by atomic mass is 10.0. The van der Waals surface area contributed by atoms with Gasteiger partial charge < -0.3 is 20.3 Å². The number of carbonyl (C=O) groups excluding carboxylic acids is 2. The Kier molecular flexibility index (Phi) is 72.3. The highest BCUT2D eigenvalue weighted by atomic mass is 16.5. The number of allylic oxidation sites excluding steroid dienone is 3. The number of aliphatic hydroxyl groups is 2. The predicted molar refractivity (Wildman–Crippen MR) is 370 cm³/mol. The number of amides is 1. The van der Waals surface area contributed by atoms with Crippen molar-refractivity contribution in [1.29, 1.82) is 0 Å². The van der Waals surface area contributed by atoms with Gasteiger partial charge in [0.05, 0.1) is 25.4 Å². The van der Waals surface area contributed by atoms with Crippen molar-refractivity contribution in [2.45, 2.75) is 450 Å². The second-order valence-corrected chi connectivity index (χ2v) is 26.7. The molecule has 0 aromatic heterocycles. The molecule has 0 saturated heterocycles. The van der Waals surface area contributed by atoms with Crippen LogP contribution in [0, 0.1) is 0 Å². The summed E-state index contributed by atoms with van der Waals surface area (Å²) in [7, 11) is 0. The van der Waals surface area contributed by atoms with Crippen molar-refractivity contribution in [2.24, 2.45) is 0 Å². The lowest BCUT2D eigenvalue weighted by Gasteiger charge is -2.20. The van der Waals surface area contributed by atoms with Crippen LogP contribution in [0.1, 0.15) is 438 Å². The van der Waals surface area contributed by atoms with E-state index in [1.54, 1.807) is 6.08 Å². The molecule has 0 saturated carbocycles. The number of aliphatic hydroxyl groups excluding tert-OH is 2. The van der Waals surface area contributed by atoms with Gasteiger partial charge in [0.15, 0.2) is 0 Å². The first-order chi connectivity index (χ1) is 41.5. The first kappa shape index (κ1) is 82.3. The highest BCUT2D eigenvalue weighted by molar-refractivity contribution is 5.76. The van der Waals surface area contributed by atoms with Gasteiger partial charge in [0.25, 0.3) is 0 Å². The third-order valence-corrected chi connectivity index (χ3v) is 18.2. The molecule has 0 aliphatic heterocycles. The summed E-state index contributed by atoms with van der Waals surface area (Å²) >= 11 is 0. The molecule has 2 atom stereocenters. The van der Waals surface area contributed by atoms with Crippen LogP contribution in [0.2, 0.25) is 0 Å². The molecule has 1 amide bonds. The molecule has 0 fully saturated rings. The van der Waals surface area contributed by atoms with Gasteiger partial charge in [-0.1, -0.05) is 391 Å². The zero-order chi connectivity index (χ0) is 60.6. The smallest absolute Gasteiger partial charge is 0.305 e. The molecule has 498 valence electrons. The van der Waals surface area contributed by atoms with Crippen LogP contribution < -0.4 is 5.32 Å². The standard InChI is InChI=1S/C78H151NO5/c1-3-5-7-9-11-13-15-17-19-44-48-52-56-60-64-68-72-78(83)84-73-69-65-61-57-53-49-45-42-40-38-36-34-32-30-28-26-24-22-20-21-23-25-27-29-31-33-35-37-39-41-43-47-51-55-59-63-67-71-77(82)79-75(74-80)76(81)70-66-62-58-54-50-46-18-16-14-12-10-8-6-4-2/h19,44,66,70,75-76,80-81H,3-18,20-43,45-65,67-69,71-74H2,1-2H3,(H,79,82)/b44-19-,70-66+. The number of carbonyl (C=O) groups is 2. The molecule has 0 aromatic carbocycles. The number of nitrogens with one attached hydrogen (secondary N) is 1. The van der Waals surface area contributed by atoms with E-state index in [1.165, 1.54) is 366 Å². The molecule has 0 aliphatic rings. The van der Waals surface area contributed by atoms with Crippen LogP contribution in [0.4, 0.5) is 0 Å². The van der Waals surface area contributed by atoms with Crippen molar-refractivity contribution in [3.05, 3.63) is 24.3 Å². The Morgan fingerprint density at radius 1 is 0.321 bits per heavy atom. The quantitative estimate of drug-likeness (QED) is 0.0320. The van der Waals surface area contributed by atoms with Gasteiger partial charge in [0, 0.05) is 12.8 Å². The van der Waals surface area contributed by atoms with Gasteiger partial charge in [-0.15, -0.1) is 0 Å². The van der Waals surface area contributed by atoms with E-state index in [2.05, 4.69) is 31.3 Å². The van der Waals surface area contributed by atoms with Crippen molar-refractivity contribution in [3.8, 4) is 0 Å². The van der Waals surface area contributed by atoms with E-state index in [9.17, 15) is 19.8 Å². The summed E-state index contributed by atoms with van der Waals surface area (Å²) in [5.41, 5.74) is 0. The molecule has 84 heavy (non-hydrogen) atoms. The summed E-state index contributed by atoms with van der Waals surface area (Å²) in [5.74, 6) is -0.0432. The molecule has 2 unspecified atom stereocenters. The fraction of sp³-hybridized carbons (Fsp3) is 0.923. The fourth-order valence-electron chi connectivity index (χ4n) is 12.3. The van der Waals surface area contributed by atoms with Crippen LogP contribution >= 0.6 is 0 Å². The molecule has 0 aromatic rings. The first-order valence-corrected chi connectivity index (χ1v) is 38.6. The second kappa shape index (κ2) is 73.8. The number of unbranched alkanes of at least 4 members (excludes halogenated alkanes) is 60. The number of ether oxygens (including phenoxy) is 1. The van der Waals surface area contributed by atoms with Crippen LogP contribution in [0.25, 0.3) is 0 Å². The normalized spacial score (nSPS) is 12.6. The van der Waals surface area contributed by atoms with Crippen molar-refractivity contribution in [1.82, 2.24) is 5.32 Å². The van der Waals surface area contributed by atoms with Crippen LogP contribution in [0.15, 0.2) is 24.3 Å².